The second-order valence-corrected chi connectivity index (χ2v) is 17.3. The summed E-state index contributed by atoms with van der Waals surface area (Å²) < 4.78 is 11.2. The number of carbonyl (C=O) groups is 1. The molecule has 1 aliphatic heterocycles. The predicted molar refractivity (Wildman–Crippen MR) is 240 cm³/mol. The maximum absolute atomic E-state index is 12.9. The van der Waals surface area contributed by atoms with Crippen molar-refractivity contribution < 1.29 is 39.8 Å². The van der Waals surface area contributed by atoms with Crippen molar-refractivity contribution in [3.63, 3.8) is 0 Å². The van der Waals surface area contributed by atoms with Crippen molar-refractivity contribution in [3.05, 3.63) is 24.3 Å². The van der Waals surface area contributed by atoms with Gasteiger partial charge in [-0.3, -0.25) is 4.79 Å². The fraction of sp³-hybridized carbons (Fsp3) is 0.898. The summed E-state index contributed by atoms with van der Waals surface area (Å²) in [6, 6.07) is -0.796. The largest absolute Gasteiger partial charge is 0.394 e. The van der Waals surface area contributed by atoms with Gasteiger partial charge in [-0.05, 0) is 32.1 Å². The van der Waals surface area contributed by atoms with Crippen molar-refractivity contribution >= 4 is 5.91 Å². The first-order valence-electron chi connectivity index (χ1n) is 24.5. The van der Waals surface area contributed by atoms with Crippen LogP contribution in [0.2, 0.25) is 0 Å². The van der Waals surface area contributed by atoms with Gasteiger partial charge in [0.15, 0.2) is 6.29 Å². The third-order valence-electron chi connectivity index (χ3n) is 11.8. The highest BCUT2D eigenvalue weighted by Gasteiger charge is 2.44. The number of aliphatic hydroxyl groups excluding tert-OH is 5. The van der Waals surface area contributed by atoms with Gasteiger partial charge in [-0.15, -0.1) is 0 Å². The Hall–Kier alpha value is -1.33. The molecule has 6 N–H and O–H groups in total. The summed E-state index contributed by atoms with van der Waals surface area (Å²) in [4.78, 5) is 12.9. The van der Waals surface area contributed by atoms with Gasteiger partial charge in [-0.1, -0.05) is 212 Å². The van der Waals surface area contributed by atoms with E-state index >= 15 is 0 Å². The number of aliphatic hydroxyl groups is 5. The number of rotatable bonds is 41. The van der Waals surface area contributed by atoms with Crippen LogP contribution in [0.25, 0.3) is 0 Å². The Morgan fingerprint density at radius 2 is 0.966 bits per heavy atom. The summed E-state index contributed by atoms with van der Waals surface area (Å²) in [5.74, 6) is -0.250. The van der Waals surface area contributed by atoms with Gasteiger partial charge in [-0.2, -0.15) is 0 Å². The fourth-order valence-corrected chi connectivity index (χ4v) is 7.83. The lowest BCUT2D eigenvalue weighted by Gasteiger charge is -2.40. The monoisotopic (exact) mass is 824 g/mol. The van der Waals surface area contributed by atoms with Gasteiger partial charge in [0.2, 0.25) is 5.91 Å². The van der Waals surface area contributed by atoms with Crippen LogP contribution in [0, 0.1) is 0 Å². The summed E-state index contributed by atoms with van der Waals surface area (Å²) in [5, 5.41) is 54.2. The second kappa shape index (κ2) is 39.8. The molecule has 9 heteroatoms. The van der Waals surface area contributed by atoms with E-state index in [0.29, 0.717) is 6.42 Å². The molecule has 0 saturated carbocycles. The third-order valence-corrected chi connectivity index (χ3v) is 11.8. The molecule has 1 heterocycles. The van der Waals surface area contributed by atoms with E-state index in [1.165, 1.54) is 173 Å². The van der Waals surface area contributed by atoms with Crippen molar-refractivity contribution in [1.29, 1.82) is 0 Å². The Bertz CT molecular complexity index is 961. The highest BCUT2D eigenvalue weighted by molar-refractivity contribution is 5.77. The molecule has 0 bridgehead atoms. The lowest BCUT2D eigenvalue weighted by Crippen LogP contribution is -2.60. The summed E-state index contributed by atoms with van der Waals surface area (Å²) in [6.45, 7) is 3.77. The number of carbonyl (C=O) groups excluding carboxylic acids is 1. The standard InChI is InChI=1S/C49H93NO8/c1-3-5-7-9-11-13-15-17-18-19-20-21-22-23-24-25-27-29-31-33-35-37-39-45(53)50-42(41-57-49-48(56)47(55)46(54)44(40-51)58-49)43(52)38-36-34-32-30-28-26-16-14-12-10-8-6-4-2/h34-37,42-44,46-49,51-52,54-56H,3-33,38-41H2,1-2H3,(H,50,53)/t42-,43+,44+,46+,47?,48?,49+/m0/s1. The number of ether oxygens (including phenoxy) is 2. The van der Waals surface area contributed by atoms with Gasteiger partial charge in [0.25, 0.3) is 0 Å². The number of nitrogens with one attached hydrogen (secondary N) is 1. The van der Waals surface area contributed by atoms with Crippen LogP contribution in [-0.4, -0.2) is 87.5 Å². The van der Waals surface area contributed by atoms with Crippen LogP contribution in [0.15, 0.2) is 24.3 Å². The molecule has 0 aromatic rings. The predicted octanol–water partition coefficient (Wildman–Crippen LogP) is 10.7. The van der Waals surface area contributed by atoms with Crippen molar-refractivity contribution in [2.24, 2.45) is 0 Å². The first kappa shape index (κ1) is 54.7. The first-order valence-corrected chi connectivity index (χ1v) is 24.5. The molecule has 2 unspecified atom stereocenters. The van der Waals surface area contributed by atoms with Crippen LogP contribution < -0.4 is 5.32 Å². The summed E-state index contributed by atoms with van der Waals surface area (Å²) >= 11 is 0. The zero-order valence-corrected chi connectivity index (χ0v) is 37.6. The molecule has 1 amide bonds. The van der Waals surface area contributed by atoms with E-state index in [0.717, 1.165) is 25.7 Å². The minimum absolute atomic E-state index is 0.178. The molecular formula is C49H93NO8. The Morgan fingerprint density at radius 3 is 1.38 bits per heavy atom. The number of allylic oxidation sites excluding steroid dienone is 2. The smallest absolute Gasteiger partial charge is 0.224 e. The molecule has 7 atom stereocenters. The second-order valence-electron chi connectivity index (χ2n) is 17.3. The summed E-state index contributed by atoms with van der Waals surface area (Å²) in [5.41, 5.74) is 0. The minimum atomic E-state index is -1.57. The molecule has 0 aromatic carbocycles. The molecule has 0 radical (unpaired) electrons. The van der Waals surface area contributed by atoms with Crippen molar-refractivity contribution in [2.75, 3.05) is 13.2 Å². The van der Waals surface area contributed by atoms with Crippen LogP contribution in [-0.2, 0) is 14.3 Å². The van der Waals surface area contributed by atoms with Gasteiger partial charge >= 0.3 is 0 Å². The number of hydrogen-bond acceptors (Lipinski definition) is 8. The Kier molecular flexibility index (Phi) is 37.5. The van der Waals surface area contributed by atoms with Gasteiger partial charge in [0.1, 0.15) is 24.4 Å². The van der Waals surface area contributed by atoms with E-state index in [2.05, 4.69) is 31.3 Å². The zero-order chi connectivity index (χ0) is 42.3. The van der Waals surface area contributed by atoms with Crippen LogP contribution in [0.3, 0.4) is 0 Å². The van der Waals surface area contributed by atoms with E-state index in [-0.39, 0.29) is 18.9 Å². The molecule has 1 rings (SSSR count). The highest BCUT2D eigenvalue weighted by atomic mass is 16.7. The molecule has 0 spiro atoms. The van der Waals surface area contributed by atoms with Crippen molar-refractivity contribution in [2.45, 2.75) is 269 Å². The Labute approximate surface area is 356 Å². The molecule has 1 aliphatic rings. The van der Waals surface area contributed by atoms with Crippen LogP contribution in [0.1, 0.15) is 226 Å². The van der Waals surface area contributed by atoms with Gasteiger partial charge in [0, 0.05) is 6.42 Å². The zero-order valence-electron chi connectivity index (χ0n) is 37.6. The van der Waals surface area contributed by atoms with E-state index < -0.39 is 49.5 Å². The molecule has 0 aliphatic carbocycles. The SMILES string of the molecule is CCCCCCCCCCCCC=CC[C@@H](O)[C@H](CO[C@@H]1O[C@H](CO)[C@@H](O)C(O)C1O)NC(=O)CC=CCCCCCCCCCCCCCCCCCCCCC. The molecule has 58 heavy (non-hydrogen) atoms. The van der Waals surface area contributed by atoms with E-state index in [4.69, 9.17) is 9.47 Å². The lowest BCUT2D eigenvalue weighted by molar-refractivity contribution is -0.302. The molecule has 9 nitrogen and oxygen atoms in total. The van der Waals surface area contributed by atoms with Gasteiger partial charge < -0.3 is 40.3 Å². The maximum Gasteiger partial charge on any atom is 0.224 e. The van der Waals surface area contributed by atoms with Crippen LogP contribution >= 0.6 is 0 Å². The fourth-order valence-electron chi connectivity index (χ4n) is 7.83. The summed E-state index contributed by atoms with van der Waals surface area (Å²) in [6.07, 6.45) is 40.9. The average molecular weight is 824 g/mol. The quantitative estimate of drug-likeness (QED) is 0.0264. The maximum atomic E-state index is 12.9. The normalized spacial score (nSPS) is 21.0. The topological polar surface area (TPSA) is 149 Å². The van der Waals surface area contributed by atoms with Crippen molar-refractivity contribution in [3.8, 4) is 0 Å². The third kappa shape index (κ3) is 29.8. The summed E-state index contributed by atoms with van der Waals surface area (Å²) in [7, 11) is 0. The van der Waals surface area contributed by atoms with Gasteiger partial charge in [0.05, 0.1) is 25.4 Å². The molecule has 1 fully saturated rings. The van der Waals surface area contributed by atoms with E-state index in [1.54, 1.807) is 0 Å². The minimum Gasteiger partial charge on any atom is -0.394 e. The van der Waals surface area contributed by atoms with E-state index in [1.807, 2.05) is 12.2 Å². The first-order chi connectivity index (χ1) is 28.3. The number of amides is 1. The highest BCUT2D eigenvalue weighted by Crippen LogP contribution is 2.23. The molecule has 0 aromatic heterocycles. The molecule has 342 valence electrons. The van der Waals surface area contributed by atoms with Crippen molar-refractivity contribution in [1.82, 2.24) is 5.32 Å². The molecule has 1 saturated heterocycles. The molecular weight excluding hydrogens is 731 g/mol. The Balaban J connectivity index is 2.30. The Morgan fingerprint density at radius 1 is 0.569 bits per heavy atom. The van der Waals surface area contributed by atoms with E-state index in [9.17, 15) is 30.3 Å². The van der Waals surface area contributed by atoms with Crippen LogP contribution in [0.5, 0.6) is 0 Å². The number of hydrogen-bond donors (Lipinski definition) is 6. The van der Waals surface area contributed by atoms with Gasteiger partial charge in [-0.25, -0.2) is 0 Å². The lowest BCUT2D eigenvalue weighted by atomic mass is 9.99. The number of unbranched alkanes of at least 4 members (excludes halogenated alkanes) is 29. The van der Waals surface area contributed by atoms with Crippen LogP contribution in [0.4, 0.5) is 0 Å². The average Bonchev–Trinajstić information content (AvgIpc) is 3.22.